The van der Waals surface area contributed by atoms with E-state index in [-0.39, 0.29) is 12.0 Å². The van der Waals surface area contributed by atoms with Crippen molar-refractivity contribution in [3.63, 3.8) is 0 Å². The Kier molecular flexibility index (Phi) is 2.18. The molecule has 0 saturated carbocycles. The number of carbonyl (C=O) groups is 1. The summed E-state index contributed by atoms with van der Waals surface area (Å²) < 4.78 is 0. The minimum atomic E-state index is -0.728. The van der Waals surface area contributed by atoms with Crippen molar-refractivity contribution in [1.29, 1.82) is 0 Å². The molecule has 4 unspecified atom stereocenters. The molecule has 0 amide bonds. The first-order valence-corrected chi connectivity index (χ1v) is 4.03. The number of nitrogens with one attached hydrogen (secondary N) is 1. The van der Waals surface area contributed by atoms with E-state index < -0.39 is 5.97 Å². The second-order valence-electron chi connectivity index (χ2n) is 3.49. The monoisotopic (exact) mass is 157 g/mol. The van der Waals surface area contributed by atoms with E-state index in [1.165, 1.54) is 0 Å². The second-order valence-corrected chi connectivity index (χ2v) is 3.49. The first-order valence-electron chi connectivity index (χ1n) is 4.03. The minimum Gasteiger partial charge on any atom is -0.480 e. The van der Waals surface area contributed by atoms with Gasteiger partial charge in [0.05, 0.1) is 0 Å². The van der Waals surface area contributed by atoms with Crippen molar-refractivity contribution >= 4 is 5.97 Å². The van der Waals surface area contributed by atoms with Gasteiger partial charge >= 0.3 is 5.97 Å². The summed E-state index contributed by atoms with van der Waals surface area (Å²) in [7, 11) is 0. The SMILES string of the molecule is CC1NC(C(=O)O)C(C)C1C. The zero-order chi connectivity index (χ0) is 8.59. The number of rotatable bonds is 1. The van der Waals surface area contributed by atoms with Gasteiger partial charge in [0.1, 0.15) is 6.04 Å². The van der Waals surface area contributed by atoms with E-state index in [9.17, 15) is 4.79 Å². The van der Waals surface area contributed by atoms with Crippen molar-refractivity contribution < 1.29 is 9.90 Å². The predicted octanol–water partition coefficient (Wildman–Crippen LogP) is 0.703. The van der Waals surface area contributed by atoms with Crippen molar-refractivity contribution in [3.8, 4) is 0 Å². The normalized spacial score (nSPS) is 44.3. The largest absolute Gasteiger partial charge is 0.480 e. The summed E-state index contributed by atoms with van der Waals surface area (Å²) in [6.07, 6.45) is 0. The molecular weight excluding hydrogens is 142 g/mol. The van der Waals surface area contributed by atoms with Gasteiger partial charge in [-0.1, -0.05) is 13.8 Å². The number of hydrogen-bond acceptors (Lipinski definition) is 2. The van der Waals surface area contributed by atoms with Gasteiger partial charge in [-0.05, 0) is 18.8 Å². The maximum Gasteiger partial charge on any atom is 0.320 e. The lowest BCUT2D eigenvalue weighted by Crippen LogP contribution is -2.36. The van der Waals surface area contributed by atoms with Crippen LogP contribution in [-0.2, 0) is 4.79 Å². The third kappa shape index (κ3) is 1.38. The van der Waals surface area contributed by atoms with E-state index in [1.54, 1.807) is 0 Å². The third-order valence-electron chi connectivity index (χ3n) is 2.85. The first kappa shape index (κ1) is 8.53. The second kappa shape index (κ2) is 2.81. The van der Waals surface area contributed by atoms with Crippen LogP contribution >= 0.6 is 0 Å². The van der Waals surface area contributed by atoms with E-state index in [4.69, 9.17) is 5.11 Å². The number of aliphatic carboxylic acids is 1. The van der Waals surface area contributed by atoms with Crippen LogP contribution in [0.1, 0.15) is 20.8 Å². The Labute approximate surface area is 66.8 Å². The Bertz CT molecular complexity index is 169. The van der Waals surface area contributed by atoms with E-state index in [1.807, 2.05) is 13.8 Å². The molecule has 3 nitrogen and oxygen atoms in total. The van der Waals surface area contributed by atoms with Gasteiger partial charge in [-0.3, -0.25) is 4.79 Å². The highest BCUT2D eigenvalue weighted by Crippen LogP contribution is 2.26. The molecule has 1 rings (SSSR count). The lowest BCUT2D eigenvalue weighted by molar-refractivity contribution is -0.140. The van der Waals surface area contributed by atoms with Crippen LogP contribution in [0.3, 0.4) is 0 Å². The van der Waals surface area contributed by atoms with E-state index in [0.717, 1.165) is 0 Å². The van der Waals surface area contributed by atoms with Crippen LogP contribution < -0.4 is 5.32 Å². The average molecular weight is 157 g/mol. The van der Waals surface area contributed by atoms with Crippen LogP contribution in [0.2, 0.25) is 0 Å². The highest BCUT2D eigenvalue weighted by atomic mass is 16.4. The highest BCUT2D eigenvalue weighted by Gasteiger charge is 2.38. The van der Waals surface area contributed by atoms with E-state index in [2.05, 4.69) is 12.2 Å². The summed E-state index contributed by atoms with van der Waals surface area (Å²) in [6, 6.07) is -0.0221. The topological polar surface area (TPSA) is 49.3 Å². The molecule has 0 aliphatic carbocycles. The fourth-order valence-corrected chi connectivity index (χ4v) is 1.64. The molecule has 0 aromatic carbocycles. The van der Waals surface area contributed by atoms with Crippen molar-refractivity contribution in [3.05, 3.63) is 0 Å². The zero-order valence-corrected chi connectivity index (χ0v) is 7.16. The molecule has 1 fully saturated rings. The fourth-order valence-electron chi connectivity index (χ4n) is 1.64. The van der Waals surface area contributed by atoms with Crippen molar-refractivity contribution in [2.24, 2.45) is 11.8 Å². The number of carboxylic acids is 1. The van der Waals surface area contributed by atoms with E-state index >= 15 is 0 Å². The van der Waals surface area contributed by atoms with Gasteiger partial charge in [-0.15, -0.1) is 0 Å². The molecular formula is C8H15NO2. The zero-order valence-electron chi connectivity index (χ0n) is 7.16. The van der Waals surface area contributed by atoms with Gasteiger partial charge in [0.25, 0.3) is 0 Å². The van der Waals surface area contributed by atoms with Crippen molar-refractivity contribution in [2.75, 3.05) is 0 Å². The lowest BCUT2D eigenvalue weighted by atomic mass is 9.91. The summed E-state index contributed by atoms with van der Waals surface area (Å²) in [6.45, 7) is 6.11. The van der Waals surface area contributed by atoms with E-state index in [0.29, 0.717) is 12.0 Å². The van der Waals surface area contributed by atoms with Crippen LogP contribution in [0.4, 0.5) is 0 Å². The predicted molar refractivity (Wildman–Crippen MR) is 42.3 cm³/mol. The van der Waals surface area contributed by atoms with Crippen molar-refractivity contribution in [1.82, 2.24) is 5.32 Å². The quantitative estimate of drug-likeness (QED) is 0.589. The van der Waals surface area contributed by atoms with Crippen LogP contribution in [0, 0.1) is 11.8 Å². The highest BCUT2D eigenvalue weighted by molar-refractivity contribution is 5.74. The Hall–Kier alpha value is -0.570. The Morgan fingerprint density at radius 1 is 1.27 bits per heavy atom. The Morgan fingerprint density at radius 3 is 2.00 bits per heavy atom. The molecule has 0 bridgehead atoms. The Morgan fingerprint density at radius 2 is 1.82 bits per heavy atom. The molecule has 2 N–H and O–H groups in total. The molecule has 64 valence electrons. The molecule has 0 spiro atoms. The summed E-state index contributed by atoms with van der Waals surface area (Å²) >= 11 is 0. The summed E-state index contributed by atoms with van der Waals surface area (Å²) in [5.74, 6) is -0.0349. The van der Waals surface area contributed by atoms with Gasteiger partial charge < -0.3 is 10.4 Å². The molecule has 11 heavy (non-hydrogen) atoms. The molecule has 0 aromatic rings. The molecule has 0 radical (unpaired) electrons. The van der Waals surface area contributed by atoms with Crippen LogP contribution in [-0.4, -0.2) is 23.2 Å². The third-order valence-corrected chi connectivity index (χ3v) is 2.85. The van der Waals surface area contributed by atoms with Gasteiger partial charge in [0.2, 0.25) is 0 Å². The summed E-state index contributed by atoms with van der Waals surface area (Å²) in [5.41, 5.74) is 0. The number of carboxylic acid groups (broad SMARTS) is 1. The summed E-state index contributed by atoms with van der Waals surface area (Å²) in [4.78, 5) is 10.6. The maximum absolute atomic E-state index is 10.6. The standard InChI is InChI=1S/C8H15NO2/c1-4-5(2)7(8(10)11)9-6(4)3/h4-7,9H,1-3H3,(H,10,11). The van der Waals surface area contributed by atoms with Crippen LogP contribution in [0.25, 0.3) is 0 Å². The molecule has 4 atom stereocenters. The Balaban J connectivity index is 2.67. The molecule has 1 aliphatic rings. The van der Waals surface area contributed by atoms with Gasteiger partial charge in [-0.2, -0.15) is 0 Å². The smallest absolute Gasteiger partial charge is 0.320 e. The van der Waals surface area contributed by atoms with Gasteiger partial charge in [0, 0.05) is 6.04 Å². The average Bonchev–Trinajstić information content (AvgIpc) is 2.17. The number of hydrogen-bond donors (Lipinski definition) is 2. The van der Waals surface area contributed by atoms with Gasteiger partial charge in [-0.25, -0.2) is 0 Å². The maximum atomic E-state index is 10.6. The molecule has 1 aliphatic heterocycles. The lowest BCUT2D eigenvalue weighted by Gasteiger charge is -2.12. The minimum absolute atomic E-state index is 0.238. The molecule has 1 heterocycles. The van der Waals surface area contributed by atoms with Crippen LogP contribution in [0.5, 0.6) is 0 Å². The molecule has 0 aromatic heterocycles. The van der Waals surface area contributed by atoms with Gasteiger partial charge in [0.15, 0.2) is 0 Å². The van der Waals surface area contributed by atoms with Crippen LogP contribution in [0.15, 0.2) is 0 Å². The summed E-state index contributed by atoms with van der Waals surface area (Å²) in [5, 5.41) is 11.8. The molecule has 3 heteroatoms. The fraction of sp³-hybridized carbons (Fsp3) is 0.875. The first-order chi connectivity index (χ1) is 5.04. The van der Waals surface area contributed by atoms with Crippen molar-refractivity contribution in [2.45, 2.75) is 32.9 Å². The molecule has 1 saturated heterocycles.